The maximum absolute atomic E-state index is 9.74. The van der Waals surface area contributed by atoms with Gasteiger partial charge in [-0.3, -0.25) is 0 Å². The lowest BCUT2D eigenvalue weighted by molar-refractivity contribution is 0.110. The molecule has 0 aliphatic carbocycles. The molecule has 0 rings (SSSR count). The summed E-state index contributed by atoms with van der Waals surface area (Å²) >= 11 is 0. The zero-order valence-corrected chi connectivity index (χ0v) is 10.5. The average Bonchev–Trinajstić information content (AvgIpc) is 2.00. The van der Waals surface area contributed by atoms with E-state index in [1.54, 1.807) is 0 Å². The third kappa shape index (κ3) is 10.0. The fourth-order valence-corrected chi connectivity index (χ4v) is 1.79. The Bertz CT molecular complexity index is 124. The highest BCUT2D eigenvalue weighted by Crippen LogP contribution is 2.23. The van der Waals surface area contributed by atoms with Gasteiger partial charge in [-0.15, -0.1) is 0 Å². The van der Waals surface area contributed by atoms with Crippen LogP contribution in [0.15, 0.2) is 0 Å². The van der Waals surface area contributed by atoms with Gasteiger partial charge in [-0.05, 0) is 18.3 Å². The molecule has 0 aromatic rings. The third-order valence-electron chi connectivity index (χ3n) is 2.49. The standard InChI is InChI=1S/C13H28O/c1-5-6-7-8-9-10-12(14)11-13(2,3)4/h12,14H,5-11H2,1-4H3/t12-/m1/s1. The molecule has 14 heavy (non-hydrogen) atoms. The molecule has 0 saturated heterocycles. The molecule has 0 aliphatic heterocycles. The van der Waals surface area contributed by atoms with E-state index in [1.165, 1.54) is 32.1 Å². The van der Waals surface area contributed by atoms with Gasteiger partial charge in [0.15, 0.2) is 0 Å². The Morgan fingerprint density at radius 2 is 1.57 bits per heavy atom. The van der Waals surface area contributed by atoms with Crippen LogP contribution in [-0.2, 0) is 0 Å². The van der Waals surface area contributed by atoms with E-state index in [4.69, 9.17) is 0 Å². The molecule has 1 N–H and O–H groups in total. The molecule has 0 unspecified atom stereocenters. The van der Waals surface area contributed by atoms with Crippen LogP contribution >= 0.6 is 0 Å². The number of aliphatic hydroxyl groups excluding tert-OH is 1. The van der Waals surface area contributed by atoms with E-state index in [1.807, 2.05) is 0 Å². The fraction of sp³-hybridized carbons (Fsp3) is 1.00. The van der Waals surface area contributed by atoms with E-state index in [0.29, 0.717) is 0 Å². The number of rotatable bonds is 7. The van der Waals surface area contributed by atoms with Crippen LogP contribution in [0.1, 0.15) is 72.6 Å². The minimum absolute atomic E-state index is 0.0865. The lowest BCUT2D eigenvalue weighted by Gasteiger charge is -2.22. The fourth-order valence-electron chi connectivity index (χ4n) is 1.79. The third-order valence-corrected chi connectivity index (χ3v) is 2.49. The van der Waals surface area contributed by atoms with E-state index in [-0.39, 0.29) is 11.5 Å². The summed E-state index contributed by atoms with van der Waals surface area (Å²) in [7, 11) is 0. The summed E-state index contributed by atoms with van der Waals surface area (Å²) in [5.74, 6) is 0. The molecule has 0 spiro atoms. The van der Waals surface area contributed by atoms with Crippen molar-refractivity contribution in [3.05, 3.63) is 0 Å². The summed E-state index contributed by atoms with van der Waals surface area (Å²) in [5, 5.41) is 9.74. The van der Waals surface area contributed by atoms with Gasteiger partial charge in [0.1, 0.15) is 0 Å². The van der Waals surface area contributed by atoms with Crippen molar-refractivity contribution < 1.29 is 5.11 Å². The van der Waals surface area contributed by atoms with E-state index < -0.39 is 0 Å². The summed E-state index contributed by atoms with van der Waals surface area (Å²) in [4.78, 5) is 0. The molecule has 0 aliphatic rings. The zero-order chi connectivity index (χ0) is 11.0. The summed E-state index contributed by atoms with van der Waals surface area (Å²) in [6, 6.07) is 0. The summed E-state index contributed by atoms with van der Waals surface area (Å²) < 4.78 is 0. The lowest BCUT2D eigenvalue weighted by atomic mass is 9.87. The molecule has 1 atom stereocenters. The van der Waals surface area contributed by atoms with Gasteiger partial charge in [0.05, 0.1) is 6.10 Å². The molecule has 0 aromatic heterocycles. The number of hydrogen-bond acceptors (Lipinski definition) is 1. The Labute approximate surface area is 89.9 Å². The van der Waals surface area contributed by atoms with Gasteiger partial charge in [-0.2, -0.15) is 0 Å². The maximum atomic E-state index is 9.74. The molecule has 86 valence electrons. The van der Waals surface area contributed by atoms with Crippen LogP contribution in [0.2, 0.25) is 0 Å². The molecular weight excluding hydrogens is 172 g/mol. The molecule has 0 heterocycles. The van der Waals surface area contributed by atoms with Crippen LogP contribution in [0.25, 0.3) is 0 Å². The molecule has 0 bridgehead atoms. The quantitative estimate of drug-likeness (QED) is 0.612. The van der Waals surface area contributed by atoms with Gasteiger partial charge in [-0.1, -0.05) is 59.8 Å². The Balaban J connectivity index is 3.31. The summed E-state index contributed by atoms with van der Waals surface area (Å²) in [5.41, 5.74) is 0.267. The minimum atomic E-state index is -0.0865. The second kappa shape index (κ2) is 7.28. The molecule has 0 fully saturated rings. The van der Waals surface area contributed by atoms with Crippen LogP contribution in [0.3, 0.4) is 0 Å². The molecule has 0 amide bonds. The second-order valence-electron chi connectivity index (χ2n) is 5.62. The van der Waals surface area contributed by atoms with Gasteiger partial charge in [0.25, 0.3) is 0 Å². The number of hydrogen-bond donors (Lipinski definition) is 1. The molecule has 0 aromatic carbocycles. The SMILES string of the molecule is CCCCCCC[C@@H](O)CC(C)(C)C. The first-order valence-electron chi connectivity index (χ1n) is 6.14. The topological polar surface area (TPSA) is 20.2 Å². The smallest absolute Gasteiger partial charge is 0.0545 e. The van der Waals surface area contributed by atoms with E-state index in [0.717, 1.165) is 12.8 Å². The second-order valence-corrected chi connectivity index (χ2v) is 5.62. The van der Waals surface area contributed by atoms with E-state index in [2.05, 4.69) is 27.7 Å². The van der Waals surface area contributed by atoms with Crippen molar-refractivity contribution in [3.8, 4) is 0 Å². The van der Waals surface area contributed by atoms with Gasteiger partial charge in [0, 0.05) is 0 Å². The van der Waals surface area contributed by atoms with Gasteiger partial charge in [0.2, 0.25) is 0 Å². The van der Waals surface area contributed by atoms with Crippen molar-refractivity contribution in [3.63, 3.8) is 0 Å². The first kappa shape index (κ1) is 14.0. The van der Waals surface area contributed by atoms with Crippen molar-refractivity contribution >= 4 is 0 Å². The van der Waals surface area contributed by atoms with Crippen LogP contribution < -0.4 is 0 Å². The highest BCUT2D eigenvalue weighted by Gasteiger charge is 2.15. The Kier molecular flexibility index (Phi) is 7.26. The van der Waals surface area contributed by atoms with Crippen LogP contribution in [0.4, 0.5) is 0 Å². The van der Waals surface area contributed by atoms with Crippen LogP contribution in [0.5, 0.6) is 0 Å². The maximum Gasteiger partial charge on any atom is 0.0545 e. The van der Waals surface area contributed by atoms with E-state index in [9.17, 15) is 5.11 Å². The van der Waals surface area contributed by atoms with Crippen LogP contribution in [0, 0.1) is 5.41 Å². The largest absolute Gasteiger partial charge is 0.393 e. The molecule has 0 saturated carbocycles. The Morgan fingerprint density at radius 1 is 1.00 bits per heavy atom. The Morgan fingerprint density at radius 3 is 2.07 bits per heavy atom. The molecular formula is C13H28O. The highest BCUT2D eigenvalue weighted by atomic mass is 16.3. The molecule has 0 radical (unpaired) electrons. The van der Waals surface area contributed by atoms with Crippen molar-refractivity contribution in [1.82, 2.24) is 0 Å². The zero-order valence-electron chi connectivity index (χ0n) is 10.5. The van der Waals surface area contributed by atoms with Gasteiger partial charge >= 0.3 is 0 Å². The monoisotopic (exact) mass is 200 g/mol. The predicted octanol–water partition coefficient (Wildman–Crippen LogP) is 4.14. The van der Waals surface area contributed by atoms with Gasteiger partial charge < -0.3 is 5.11 Å². The first-order valence-corrected chi connectivity index (χ1v) is 6.14. The average molecular weight is 200 g/mol. The minimum Gasteiger partial charge on any atom is -0.393 e. The van der Waals surface area contributed by atoms with Crippen molar-refractivity contribution in [1.29, 1.82) is 0 Å². The summed E-state index contributed by atoms with van der Waals surface area (Å²) in [6.45, 7) is 8.79. The van der Waals surface area contributed by atoms with Crippen molar-refractivity contribution in [2.24, 2.45) is 5.41 Å². The molecule has 1 nitrogen and oxygen atoms in total. The highest BCUT2D eigenvalue weighted by molar-refractivity contribution is 4.67. The number of unbranched alkanes of at least 4 members (excludes halogenated alkanes) is 4. The lowest BCUT2D eigenvalue weighted by Crippen LogP contribution is -2.17. The van der Waals surface area contributed by atoms with E-state index >= 15 is 0 Å². The normalized spacial score (nSPS) is 14.4. The summed E-state index contributed by atoms with van der Waals surface area (Å²) in [6.07, 6.45) is 8.28. The Hall–Kier alpha value is -0.0400. The van der Waals surface area contributed by atoms with Crippen molar-refractivity contribution in [2.75, 3.05) is 0 Å². The predicted molar refractivity (Wildman–Crippen MR) is 63.5 cm³/mol. The molecule has 1 heteroatoms. The van der Waals surface area contributed by atoms with Crippen LogP contribution in [-0.4, -0.2) is 11.2 Å². The number of aliphatic hydroxyl groups is 1. The first-order chi connectivity index (χ1) is 6.45. The van der Waals surface area contributed by atoms with Gasteiger partial charge in [-0.25, -0.2) is 0 Å². The van der Waals surface area contributed by atoms with Crippen molar-refractivity contribution in [2.45, 2.75) is 78.7 Å².